The average Bonchev–Trinajstić information content (AvgIpc) is 3.04. The van der Waals surface area contributed by atoms with E-state index in [1.165, 1.54) is 22.3 Å². The molecule has 2 aromatic rings. The fourth-order valence-corrected chi connectivity index (χ4v) is 5.84. The Morgan fingerprint density at radius 2 is 2.13 bits per heavy atom. The van der Waals surface area contributed by atoms with Gasteiger partial charge in [0, 0.05) is 34.1 Å². The molecule has 1 aliphatic rings. The van der Waals surface area contributed by atoms with Crippen LogP contribution in [0.3, 0.4) is 0 Å². The number of likely N-dealkylation sites (N-methyl/N-ethyl adjacent to an activating group) is 1. The molecule has 0 bridgehead atoms. The molecule has 0 spiro atoms. The van der Waals surface area contributed by atoms with E-state index in [0.717, 1.165) is 15.0 Å². The minimum absolute atomic E-state index is 0.0483. The number of halogens is 1. The third kappa shape index (κ3) is 3.44. The summed E-state index contributed by atoms with van der Waals surface area (Å²) in [6, 6.07) is 7.56. The summed E-state index contributed by atoms with van der Waals surface area (Å²) >= 11 is 7.86. The fraction of sp³-hybridized carbons (Fsp3) is 0.312. The Morgan fingerprint density at radius 3 is 2.78 bits per heavy atom. The molecule has 23 heavy (non-hydrogen) atoms. The number of benzene rings is 1. The second-order valence-electron chi connectivity index (χ2n) is 5.62. The van der Waals surface area contributed by atoms with Gasteiger partial charge in [-0.3, -0.25) is 4.79 Å². The van der Waals surface area contributed by atoms with Crippen molar-refractivity contribution >= 4 is 54.8 Å². The number of carbonyl (C=O) groups is 1. The molecule has 7 heteroatoms. The van der Waals surface area contributed by atoms with E-state index in [4.69, 9.17) is 11.6 Å². The van der Waals surface area contributed by atoms with E-state index in [-0.39, 0.29) is 23.5 Å². The summed E-state index contributed by atoms with van der Waals surface area (Å²) in [6.07, 6.45) is 3.67. The molecule has 1 amide bonds. The highest BCUT2D eigenvalue weighted by molar-refractivity contribution is 7.91. The molecule has 1 saturated heterocycles. The van der Waals surface area contributed by atoms with Gasteiger partial charge in [-0.05, 0) is 18.6 Å². The average molecular weight is 370 g/mol. The Hall–Kier alpha value is -1.37. The van der Waals surface area contributed by atoms with Crippen molar-refractivity contribution in [2.45, 2.75) is 12.5 Å². The van der Waals surface area contributed by atoms with Crippen LogP contribution < -0.4 is 0 Å². The Balaban J connectivity index is 1.76. The molecule has 1 aromatic carbocycles. The first kappa shape index (κ1) is 16.5. The number of hydrogen-bond acceptors (Lipinski definition) is 4. The maximum absolute atomic E-state index is 12.2. The van der Waals surface area contributed by atoms with Gasteiger partial charge in [-0.15, -0.1) is 11.3 Å². The van der Waals surface area contributed by atoms with Gasteiger partial charge in [-0.1, -0.05) is 29.8 Å². The van der Waals surface area contributed by atoms with E-state index in [1.807, 2.05) is 24.3 Å². The van der Waals surface area contributed by atoms with Crippen LogP contribution in [0.2, 0.25) is 5.02 Å². The standard InChI is InChI=1S/C16H16ClNO3S2/c1-18(11-8-9-23(20,21)10-11)15(19)7-6-14-16(17)12-4-2-3-5-13(12)22-14/h2-7,11H,8-10H2,1H3/b7-6+. The van der Waals surface area contributed by atoms with E-state index in [0.29, 0.717) is 11.4 Å². The molecule has 0 aliphatic carbocycles. The second-order valence-corrected chi connectivity index (χ2v) is 9.31. The molecule has 122 valence electrons. The second kappa shape index (κ2) is 6.26. The molecule has 0 radical (unpaired) electrons. The Morgan fingerprint density at radius 1 is 1.39 bits per heavy atom. The zero-order chi connectivity index (χ0) is 16.6. The fourth-order valence-electron chi connectivity index (χ4n) is 2.67. The van der Waals surface area contributed by atoms with Crippen LogP contribution in [-0.4, -0.2) is 43.8 Å². The van der Waals surface area contributed by atoms with Gasteiger partial charge in [-0.25, -0.2) is 8.42 Å². The van der Waals surface area contributed by atoms with Crippen LogP contribution in [0.15, 0.2) is 30.3 Å². The van der Waals surface area contributed by atoms with Crippen LogP contribution in [0.25, 0.3) is 16.2 Å². The molecule has 1 fully saturated rings. The lowest BCUT2D eigenvalue weighted by Gasteiger charge is -2.21. The summed E-state index contributed by atoms with van der Waals surface area (Å²) in [6.45, 7) is 0. The third-order valence-corrected chi connectivity index (χ3v) is 7.45. The molecule has 3 rings (SSSR count). The highest BCUT2D eigenvalue weighted by Crippen LogP contribution is 2.35. The molecule has 1 unspecified atom stereocenters. The molecule has 1 atom stereocenters. The van der Waals surface area contributed by atoms with Gasteiger partial charge in [0.25, 0.3) is 0 Å². The number of sulfone groups is 1. The smallest absolute Gasteiger partial charge is 0.246 e. The monoisotopic (exact) mass is 369 g/mol. The van der Waals surface area contributed by atoms with Crippen molar-refractivity contribution in [1.82, 2.24) is 4.90 Å². The Kier molecular flexibility index (Phi) is 4.49. The summed E-state index contributed by atoms with van der Waals surface area (Å²) in [5.41, 5.74) is 0. The van der Waals surface area contributed by atoms with Crippen molar-refractivity contribution in [3.63, 3.8) is 0 Å². The minimum Gasteiger partial charge on any atom is -0.338 e. The molecule has 0 N–H and O–H groups in total. The molecule has 0 saturated carbocycles. The summed E-state index contributed by atoms with van der Waals surface area (Å²) in [7, 11) is -1.36. The molecule has 1 aliphatic heterocycles. The lowest BCUT2D eigenvalue weighted by molar-refractivity contribution is -0.126. The first-order chi connectivity index (χ1) is 10.9. The van der Waals surface area contributed by atoms with Crippen LogP contribution in [-0.2, 0) is 14.6 Å². The van der Waals surface area contributed by atoms with Crippen LogP contribution in [0.1, 0.15) is 11.3 Å². The molecule has 1 aromatic heterocycles. The highest BCUT2D eigenvalue weighted by atomic mass is 35.5. The normalized spacial score (nSPS) is 20.3. The number of amides is 1. The lowest BCUT2D eigenvalue weighted by Crippen LogP contribution is -2.36. The summed E-state index contributed by atoms with van der Waals surface area (Å²) < 4.78 is 24.1. The zero-order valence-corrected chi connectivity index (χ0v) is 14.9. The van der Waals surface area contributed by atoms with Crippen molar-refractivity contribution in [2.24, 2.45) is 0 Å². The topological polar surface area (TPSA) is 54.5 Å². The molecular formula is C16H16ClNO3S2. The highest BCUT2D eigenvalue weighted by Gasteiger charge is 2.32. The van der Waals surface area contributed by atoms with Crippen molar-refractivity contribution < 1.29 is 13.2 Å². The van der Waals surface area contributed by atoms with E-state index < -0.39 is 9.84 Å². The summed E-state index contributed by atoms with van der Waals surface area (Å²) in [5.74, 6) is -0.00551. The first-order valence-electron chi connectivity index (χ1n) is 7.20. The number of nitrogens with zero attached hydrogens (tertiary/aromatic N) is 1. The third-order valence-electron chi connectivity index (χ3n) is 4.04. The maximum atomic E-state index is 12.2. The quantitative estimate of drug-likeness (QED) is 0.780. The number of fused-ring (bicyclic) bond motifs is 1. The van der Waals surface area contributed by atoms with Crippen molar-refractivity contribution in [1.29, 1.82) is 0 Å². The number of hydrogen-bond donors (Lipinski definition) is 0. The van der Waals surface area contributed by atoms with Gasteiger partial charge in [0.2, 0.25) is 5.91 Å². The molecule has 4 nitrogen and oxygen atoms in total. The van der Waals surface area contributed by atoms with E-state index in [2.05, 4.69) is 0 Å². The SMILES string of the molecule is CN(C(=O)/C=C/c1sc2ccccc2c1Cl)C1CCS(=O)(=O)C1. The van der Waals surface area contributed by atoms with Crippen molar-refractivity contribution in [3.8, 4) is 0 Å². The van der Waals surface area contributed by atoms with Crippen LogP contribution in [0.4, 0.5) is 0 Å². The van der Waals surface area contributed by atoms with Crippen LogP contribution in [0.5, 0.6) is 0 Å². The van der Waals surface area contributed by atoms with Crippen molar-refractivity contribution in [3.05, 3.63) is 40.2 Å². The molecule has 2 heterocycles. The zero-order valence-electron chi connectivity index (χ0n) is 12.5. The van der Waals surface area contributed by atoms with E-state index in [1.54, 1.807) is 13.1 Å². The minimum atomic E-state index is -3.00. The van der Waals surface area contributed by atoms with Gasteiger partial charge in [-0.2, -0.15) is 0 Å². The van der Waals surface area contributed by atoms with Gasteiger partial charge in [0.1, 0.15) is 0 Å². The van der Waals surface area contributed by atoms with Crippen LogP contribution in [0, 0.1) is 0 Å². The largest absolute Gasteiger partial charge is 0.338 e. The molecular weight excluding hydrogens is 354 g/mol. The van der Waals surface area contributed by atoms with Crippen LogP contribution >= 0.6 is 22.9 Å². The Bertz CT molecular complexity index is 886. The van der Waals surface area contributed by atoms with Gasteiger partial charge in [0.05, 0.1) is 16.5 Å². The van der Waals surface area contributed by atoms with E-state index >= 15 is 0 Å². The number of thiophene rings is 1. The van der Waals surface area contributed by atoms with Crippen molar-refractivity contribution in [2.75, 3.05) is 18.6 Å². The van der Waals surface area contributed by atoms with Gasteiger partial charge >= 0.3 is 0 Å². The van der Waals surface area contributed by atoms with E-state index in [9.17, 15) is 13.2 Å². The predicted molar refractivity (Wildman–Crippen MR) is 95.7 cm³/mol. The maximum Gasteiger partial charge on any atom is 0.246 e. The Labute approximate surface area is 144 Å². The van der Waals surface area contributed by atoms with Gasteiger partial charge < -0.3 is 4.90 Å². The number of carbonyl (C=O) groups excluding carboxylic acids is 1. The summed E-state index contributed by atoms with van der Waals surface area (Å²) in [5, 5.41) is 1.61. The lowest BCUT2D eigenvalue weighted by atomic mass is 10.2. The number of rotatable bonds is 3. The summed E-state index contributed by atoms with van der Waals surface area (Å²) in [4.78, 5) is 14.6. The predicted octanol–water partition coefficient (Wildman–Crippen LogP) is 3.21. The van der Waals surface area contributed by atoms with Gasteiger partial charge in [0.15, 0.2) is 9.84 Å². The first-order valence-corrected chi connectivity index (χ1v) is 10.2.